The highest BCUT2D eigenvalue weighted by Crippen LogP contribution is 2.13. The molecule has 0 aromatic heterocycles. The Morgan fingerprint density at radius 3 is 2.24 bits per heavy atom. The quantitative estimate of drug-likeness (QED) is 0.604. The lowest BCUT2D eigenvalue weighted by atomic mass is 10.2. The number of hydrogen-bond donors (Lipinski definition) is 3. The summed E-state index contributed by atoms with van der Waals surface area (Å²) in [6.45, 7) is 3.65. The monoisotopic (exact) mass is 293 g/mol. The van der Waals surface area contributed by atoms with Gasteiger partial charge in [0.25, 0.3) is 0 Å². The first-order chi connectivity index (χ1) is 10.1. The first-order valence-electron chi connectivity index (χ1n) is 6.99. The zero-order chi connectivity index (χ0) is 15.5. The molecule has 21 heavy (non-hydrogen) atoms. The summed E-state index contributed by atoms with van der Waals surface area (Å²) in [7, 11) is 1.67. The third-order valence-electron chi connectivity index (χ3n) is 2.72. The van der Waals surface area contributed by atoms with E-state index in [-0.39, 0.29) is 11.8 Å². The molecular formula is C15H23N3O3. The number of rotatable bonds is 9. The minimum Gasteiger partial charge on any atom is -0.385 e. The molecule has 0 aliphatic heterocycles. The average molecular weight is 293 g/mol. The largest absolute Gasteiger partial charge is 0.385 e. The normalized spacial score (nSPS) is 10.2. The Morgan fingerprint density at radius 1 is 1.05 bits per heavy atom. The van der Waals surface area contributed by atoms with Gasteiger partial charge < -0.3 is 20.7 Å². The van der Waals surface area contributed by atoms with Crippen LogP contribution in [0.3, 0.4) is 0 Å². The van der Waals surface area contributed by atoms with Crippen molar-refractivity contribution in [2.75, 3.05) is 37.4 Å². The lowest BCUT2D eigenvalue weighted by Gasteiger charge is -2.07. The van der Waals surface area contributed by atoms with Gasteiger partial charge >= 0.3 is 0 Å². The molecule has 0 saturated heterocycles. The van der Waals surface area contributed by atoms with Crippen molar-refractivity contribution in [2.24, 2.45) is 0 Å². The minimum absolute atomic E-state index is 0.0403. The Bertz CT molecular complexity index is 446. The molecule has 0 saturated carbocycles. The van der Waals surface area contributed by atoms with E-state index in [1.165, 1.54) is 6.92 Å². The summed E-state index contributed by atoms with van der Waals surface area (Å²) in [5, 5.41) is 8.66. The molecule has 1 aromatic rings. The number of anilines is 2. The van der Waals surface area contributed by atoms with Gasteiger partial charge in [0.2, 0.25) is 11.8 Å². The van der Waals surface area contributed by atoms with Gasteiger partial charge in [0, 0.05) is 45.0 Å². The van der Waals surface area contributed by atoms with Gasteiger partial charge in [-0.15, -0.1) is 0 Å². The molecule has 2 amide bonds. The van der Waals surface area contributed by atoms with Crippen molar-refractivity contribution in [3.63, 3.8) is 0 Å². The zero-order valence-corrected chi connectivity index (χ0v) is 12.6. The Labute approximate surface area is 125 Å². The summed E-state index contributed by atoms with van der Waals surface area (Å²) in [5.74, 6) is -0.159. The van der Waals surface area contributed by atoms with Gasteiger partial charge in [-0.2, -0.15) is 0 Å². The van der Waals surface area contributed by atoms with Crippen LogP contribution in [0.25, 0.3) is 0 Å². The van der Waals surface area contributed by atoms with Gasteiger partial charge in [-0.1, -0.05) is 0 Å². The van der Waals surface area contributed by atoms with Crippen LogP contribution in [0.4, 0.5) is 11.4 Å². The number of benzene rings is 1. The van der Waals surface area contributed by atoms with Crippen molar-refractivity contribution in [3.05, 3.63) is 24.3 Å². The number of ether oxygens (including phenoxy) is 1. The zero-order valence-electron chi connectivity index (χ0n) is 12.6. The fourth-order valence-corrected chi connectivity index (χ4v) is 1.73. The number of nitrogens with one attached hydrogen (secondary N) is 3. The molecule has 116 valence electrons. The summed E-state index contributed by atoms with van der Waals surface area (Å²) >= 11 is 0. The van der Waals surface area contributed by atoms with Gasteiger partial charge in [-0.25, -0.2) is 0 Å². The topological polar surface area (TPSA) is 79.5 Å². The predicted molar refractivity (Wildman–Crippen MR) is 83.4 cm³/mol. The Balaban J connectivity index is 2.23. The highest BCUT2D eigenvalue weighted by atomic mass is 16.5. The number of amides is 2. The fraction of sp³-hybridized carbons (Fsp3) is 0.467. The number of hydrogen-bond acceptors (Lipinski definition) is 4. The maximum Gasteiger partial charge on any atom is 0.225 e. The molecule has 6 nitrogen and oxygen atoms in total. The molecule has 0 bridgehead atoms. The van der Waals surface area contributed by atoms with Crippen LogP contribution < -0.4 is 16.0 Å². The summed E-state index contributed by atoms with van der Waals surface area (Å²) in [5.41, 5.74) is 1.42. The average Bonchev–Trinajstić information content (AvgIpc) is 2.44. The standard InChI is InChI=1S/C15H23N3O3/c1-12(19)17-13-4-6-14(7-5-13)18-15(20)8-10-16-9-3-11-21-2/h4-7,16H,3,8-11H2,1-2H3,(H,17,19)(H,18,20). The first-order valence-corrected chi connectivity index (χ1v) is 6.99. The van der Waals surface area contributed by atoms with Gasteiger partial charge in [0.15, 0.2) is 0 Å². The molecule has 6 heteroatoms. The van der Waals surface area contributed by atoms with Crippen molar-refractivity contribution < 1.29 is 14.3 Å². The summed E-state index contributed by atoms with van der Waals surface area (Å²) < 4.78 is 4.94. The summed E-state index contributed by atoms with van der Waals surface area (Å²) in [6, 6.07) is 7.02. The molecule has 1 rings (SSSR count). The molecule has 0 heterocycles. The molecule has 0 fully saturated rings. The number of carbonyl (C=O) groups is 2. The Hall–Kier alpha value is -1.92. The Morgan fingerprint density at radius 2 is 1.67 bits per heavy atom. The van der Waals surface area contributed by atoms with E-state index in [2.05, 4.69) is 16.0 Å². The second-order valence-corrected chi connectivity index (χ2v) is 4.65. The van der Waals surface area contributed by atoms with E-state index in [0.717, 1.165) is 19.6 Å². The van der Waals surface area contributed by atoms with E-state index in [1.54, 1.807) is 31.4 Å². The van der Waals surface area contributed by atoms with E-state index in [4.69, 9.17) is 4.74 Å². The molecule has 0 aliphatic rings. The van der Waals surface area contributed by atoms with E-state index in [0.29, 0.717) is 24.3 Å². The molecule has 1 aromatic carbocycles. The molecule has 0 spiro atoms. The van der Waals surface area contributed by atoms with Crippen LogP contribution in [0.5, 0.6) is 0 Å². The lowest BCUT2D eigenvalue weighted by Crippen LogP contribution is -2.23. The fourth-order valence-electron chi connectivity index (χ4n) is 1.73. The predicted octanol–water partition coefficient (Wildman–Crippen LogP) is 1.60. The molecular weight excluding hydrogens is 270 g/mol. The molecule has 3 N–H and O–H groups in total. The van der Waals surface area contributed by atoms with E-state index >= 15 is 0 Å². The van der Waals surface area contributed by atoms with Crippen LogP contribution in [0.2, 0.25) is 0 Å². The van der Waals surface area contributed by atoms with Crippen LogP contribution in [0.15, 0.2) is 24.3 Å². The summed E-state index contributed by atoms with van der Waals surface area (Å²) in [4.78, 5) is 22.6. The van der Waals surface area contributed by atoms with Gasteiger partial charge in [0.1, 0.15) is 0 Å². The van der Waals surface area contributed by atoms with Crippen molar-refractivity contribution in [1.82, 2.24) is 5.32 Å². The minimum atomic E-state index is -0.119. The van der Waals surface area contributed by atoms with E-state index in [1.807, 2.05) is 0 Å². The van der Waals surface area contributed by atoms with Crippen LogP contribution in [-0.2, 0) is 14.3 Å². The van der Waals surface area contributed by atoms with E-state index < -0.39 is 0 Å². The van der Waals surface area contributed by atoms with Gasteiger partial charge in [0.05, 0.1) is 0 Å². The van der Waals surface area contributed by atoms with Crippen molar-refractivity contribution in [2.45, 2.75) is 19.8 Å². The van der Waals surface area contributed by atoms with Crippen molar-refractivity contribution >= 4 is 23.2 Å². The van der Waals surface area contributed by atoms with Crippen LogP contribution in [0.1, 0.15) is 19.8 Å². The highest BCUT2D eigenvalue weighted by Gasteiger charge is 2.02. The second kappa shape index (κ2) is 9.90. The van der Waals surface area contributed by atoms with Crippen molar-refractivity contribution in [3.8, 4) is 0 Å². The Kier molecular flexibility index (Phi) is 8.08. The SMILES string of the molecule is COCCCNCCC(=O)Nc1ccc(NC(C)=O)cc1. The van der Waals surface area contributed by atoms with Crippen LogP contribution in [-0.4, -0.2) is 38.6 Å². The van der Waals surface area contributed by atoms with Gasteiger partial charge in [-0.05, 0) is 37.2 Å². The molecule has 0 radical (unpaired) electrons. The first kappa shape index (κ1) is 17.1. The van der Waals surface area contributed by atoms with Crippen LogP contribution >= 0.6 is 0 Å². The van der Waals surface area contributed by atoms with Gasteiger partial charge in [-0.3, -0.25) is 9.59 Å². The second-order valence-electron chi connectivity index (χ2n) is 4.65. The third-order valence-corrected chi connectivity index (χ3v) is 2.72. The molecule has 0 unspecified atom stereocenters. The van der Waals surface area contributed by atoms with E-state index in [9.17, 15) is 9.59 Å². The third kappa shape index (κ3) is 8.06. The maximum absolute atomic E-state index is 11.7. The maximum atomic E-state index is 11.7. The summed E-state index contributed by atoms with van der Waals surface area (Å²) in [6.07, 6.45) is 1.35. The molecule has 0 atom stereocenters. The highest BCUT2D eigenvalue weighted by molar-refractivity contribution is 5.92. The lowest BCUT2D eigenvalue weighted by molar-refractivity contribution is -0.116. The number of methoxy groups -OCH3 is 1. The van der Waals surface area contributed by atoms with Crippen molar-refractivity contribution in [1.29, 1.82) is 0 Å². The smallest absolute Gasteiger partial charge is 0.225 e. The van der Waals surface area contributed by atoms with Crippen LogP contribution in [0, 0.1) is 0 Å². The number of carbonyl (C=O) groups excluding carboxylic acids is 2. The molecule has 0 aliphatic carbocycles.